The van der Waals surface area contributed by atoms with Crippen LogP contribution >= 0.6 is 23.2 Å². The molecule has 0 bridgehead atoms. The standard InChI is InChI=1S/C26H33Cl2NO3S/c1-17(2)24(16-33(31,32)18(3)4)29-23(19-9-11-21(27)12-10-19)13-14-26(5,25(29)30)20-7-6-8-22(28)15-20/h6-12,15,17-18,23-24H,13-14,16H2,1-5H3/t23?,24-,26?/m1/s1. The van der Waals surface area contributed by atoms with Gasteiger partial charge in [-0.25, -0.2) is 8.42 Å². The van der Waals surface area contributed by atoms with E-state index in [0.717, 1.165) is 11.1 Å². The molecule has 2 aromatic rings. The Labute approximate surface area is 208 Å². The number of hydrogen-bond donors (Lipinski definition) is 0. The maximum atomic E-state index is 14.3. The summed E-state index contributed by atoms with van der Waals surface area (Å²) in [6.07, 6.45) is 1.35. The average Bonchev–Trinajstić information content (AvgIpc) is 2.74. The molecule has 0 radical (unpaired) electrons. The molecule has 7 heteroatoms. The van der Waals surface area contributed by atoms with E-state index in [9.17, 15) is 13.2 Å². The minimum atomic E-state index is -3.37. The Morgan fingerprint density at radius 3 is 2.21 bits per heavy atom. The van der Waals surface area contributed by atoms with Crippen LogP contribution in [0.5, 0.6) is 0 Å². The second-order valence-electron chi connectivity index (χ2n) is 9.85. The minimum absolute atomic E-state index is 0.0426. The Bertz CT molecular complexity index is 1100. The molecule has 0 spiro atoms. The number of carbonyl (C=O) groups excluding carboxylic acids is 1. The molecule has 1 heterocycles. The first-order chi connectivity index (χ1) is 15.4. The highest BCUT2D eigenvalue weighted by atomic mass is 35.5. The lowest BCUT2D eigenvalue weighted by Crippen LogP contribution is -2.58. The van der Waals surface area contributed by atoms with Crippen molar-refractivity contribution in [1.82, 2.24) is 4.90 Å². The fraction of sp³-hybridized carbons (Fsp3) is 0.500. The second kappa shape index (κ2) is 9.97. The zero-order valence-electron chi connectivity index (χ0n) is 19.9. The summed E-state index contributed by atoms with van der Waals surface area (Å²) in [6.45, 7) is 9.30. The number of benzene rings is 2. The van der Waals surface area contributed by atoms with Gasteiger partial charge in [-0.15, -0.1) is 0 Å². The van der Waals surface area contributed by atoms with Gasteiger partial charge in [0.05, 0.1) is 22.5 Å². The van der Waals surface area contributed by atoms with Gasteiger partial charge in [0.25, 0.3) is 0 Å². The number of halogens is 2. The third kappa shape index (κ3) is 5.41. The van der Waals surface area contributed by atoms with Gasteiger partial charge in [-0.2, -0.15) is 0 Å². The van der Waals surface area contributed by atoms with E-state index in [0.29, 0.717) is 22.9 Å². The Kier molecular flexibility index (Phi) is 7.87. The molecule has 2 aromatic carbocycles. The molecule has 3 atom stereocenters. The van der Waals surface area contributed by atoms with Gasteiger partial charge < -0.3 is 4.90 Å². The summed E-state index contributed by atoms with van der Waals surface area (Å²) in [5, 5.41) is 0.696. The van der Waals surface area contributed by atoms with Crippen LogP contribution in [-0.2, 0) is 20.0 Å². The topological polar surface area (TPSA) is 54.5 Å². The van der Waals surface area contributed by atoms with Crippen LogP contribution in [0.4, 0.5) is 0 Å². The van der Waals surface area contributed by atoms with Gasteiger partial charge in [0, 0.05) is 16.1 Å². The number of piperidine rings is 1. The van der Waals surface area contributed by atoms with Gasteiger partial charge in [-0.1, -0.05) is 61.3 Å². The quantitative estimate of drug-likeness (QED) is 0.430. The van der Waals surface area contributed by atoms with Crippen LogP contribution in [-0.4, -0.2) is 36.3 Å². The van der Waals surface area contributed by atoms with Crippen molar-refractivity contribution in [3.63, 3.8) is 0 Å². The Hall–Kier alpha value is -1.56. The van der Waals surface area contributed by atoms with E-state index < -0.39 is 26.5 Å². The fourth-order valence-electron chi connectivity index (χ4n) is 4.62. The zero-order valence-corrected chi connectivity index (χ0v) is 22.2. The van der Waals surface area contributed by atoms with Crippen LogP contribution in [0.1, 0.15) is 64.6 Å². The molecular formula is C26H33Cl2NO3S. The largest absolute Gasteiger partial charge is 0.331 e. The summed E-state index contributed by atoms with van der Waals surface area (Å²) in [5.41, 5.74) is 1.03. The number of likely N-dealkylation sites (tertiary alicyclic amines) is 1. The van der Waals surface area contributed by atoms with Gasteiger partial charge in [-0.05, 0) is 74.9 Å². The van der Waals surface area contributed by atoms with Crippen molar-refractivity contribution >= 4 is 38.9 Å². The molecule has 1 amide bonds. The maximum absolute atomic E-state index is 14.3. The lowest BCUT2D eigenvalue weighted by molar-refractivity contribution is -0.147. The molecular weight excluding hydrogens is 477 g/mol. The predicted molar refractivity (Wildman–Crippen MR) is 137 cm³/mol. The van der Waals surface area contributed by atoms with Crippen LogP contribution < -0.4 is 0 Å². The summed E-state index contributed by atoms with van der Waals surface area (Å²) in [7, 11) is -3.37. The van der Waals surface area contributed by atoms with Crippen LogP contribution in [0.3, 0.4) is 0 Å². The van der Waals surface area contributed by atoms with Crippen LogP contribution in [0.15, 0.2) is 48.5 Å². The van der Waals surface area contributed by atoms with Crippen molar-refractivity contribution in [3.05, 3.63) is 69.7 Å². The molecule has 4 nitrogen and oxygen atoms in total. The summed E-state index contributed by atoms with van der Waals surface area (Å²) >= 11 is 12.4. The summed E-state index contributed by atoms with van der Waals surface area (Å²) < 4.78 is 26.0. The number of sulfone groups is 1. The molecule has 0 N–H and O–H groups in total. The third-order valence-electron chi connectivity index (χ3n) is 6.92. The predicted octanol–water partition coefficient (Wildman–Crippen LogP) is 6.46. The molecule has 1 fully saturated rings. The van der Waals surface area contributed by atoms with Crippen molar-refractivity contribution in [2.45, 2.75) is 70.2 Å². The first-order valence-corrected chi connectivity index (χ1v) is 13.9. The summed E-state index contributed by atoms with van der Waals surface area (Å²) in [5.74, 6) is -0.170. The highest BCUT2D eigenvalue weighted by molar-refractivity contribution is 7.92. The van der Waals surface area contributed by atoms with Crippen LogP contribution in [0, 0.1) is 5.92 Å². The first kappa shape index (κ1) is 26.1. The van der Waals surface area contributed by atoms with E-state index in [-0.39, 0.29) is 23.6 Å². The van der Waals surface area contributed by atoms with E-state index in [1.54, 1.807) is 19.9 Å². The van der Waals surface area contributed by atoms with Crippen LogP contribution in [0.25, 0.3) is 0 Å². The van der Waals surface area contributed by atoms with Crippen LogP contribution in [0.2, 0.25) is 10.0 Å². The van der Waals surface area contributed by atoms with E-state index in [4.69, 9.17) is 23.2 Å². The fourth-order valence-corrected chi connectivity index (χ4v) is 6.34. The lowest BCUT2D eigenvalue weighted by Gasteiger charge is -2.49. The molecule has 1 saturated heterocycles. The number of amides is 1. The zero-order chi connectivity index (χ0) is 24.6. The van der Waals surface area contributed by atoms with Gasteiger partial charge >= 0.3 is 0 Å². The number of nitrogens with zero attached hydrogens (tertiary/aromatic N) is 1. The van der Waals surface area contributed by atoms with Crippen molar-refractivity contribution in [2.24, 2.45) is 5.92 Å². The van der Waals surface area contributed by atoms with Crippen molar-refractivity contribution < 1.29 is 13.2 Å². The molecule has 1 aliphatic heterocycles. The lowest BCUT2D eigenvalue weighted by atomic mass is 9.71. The Balaban J connectivity index is 2.13. The average molecular weight is 511 g/mol. The monoisotopic (exact) mass is 509 g/mol. The smallest absolute Gasteiger partial charge is 0.233 e. The van der Waals surface area contributed by atoms with E-state index in [2.05, 4.69) is 0 Å². The van der Waals surface area contributed by atoms with Gasteiger partial charge in [-0.3, -0.25) is 4.79 Å². The van der Waals surface area contributed by atoms with Crippen molar-refractivity contribution in [2.75, 3.05) is 5.75 Å². The van der Waals surface area contributed by atoms with Crippen molar-refractivity contribution in [3.8, 4) is 0 Å². The number of rotatable bonds is 7. The molecule has 180 valence electrons. The molecule has 0 aromatic heterocycles. The molecule has 0 saturated carbocycles. The maximum Gasteiger partial charge on any atom is 0.233 e. The van der Waals surface area contributed by atoms with Gasteiger partial charge in [0.1, 0.15) is 0 Å². The summed E-state index contributed by atoms with van der Waals surface area (Å²) in [4.78, 5) is 16.1. The number of hydrogen-bond acceptors (Lipinski definition) is 3. The highest BCUT2D eigenvalue weighted by Gasteiger charge is 2.49. The van der Waals surface area contributed by atoms with Gasteiger partial charge in [0.2, 0.25) is 5.91 Å². The molecule has 0 aliphatic carbocycles. The van der Waals surface area contributed by atoms with E-state index in [1.807, 2.05) is 68.1 Å². The summed E-state index contributed by atoms with van der Waals surface area (Å²) in [6, 6.07) is 14.2. The Morgan fingerprint density at radius 1 is 1.03 bits per heavy atom. The van der Waals surface area contributed by atoms with Gasteiger partial charge in [0.15, 0.2) is 9.84 Å². The van der Waals surface area contributed by atoms with Crippen molar-refractivity contribution in [1.29, 1.82) is 0 Å². The highest BCUT2D eigenvalue weighted by Crippen LogP contribution is 2.45. The minimum Gasteiger partial charge on any atom is -0.331 e. The molecule has 1 aliphatic rings. The normalized spacial score (nSPS) is 22.8. The second-order valence-corrected chi connectivity index (χ2v) is 13.3. The third-order valence-corrected chi connectivity index (χ3v) is 9.65. The molecule has 2 unspecified atom stereocenters. The molecule has 33 heavy (non-hydrogen) atoms. The first-order valence-electron chi connectivity index (χ1n) is 11.4. The van der Waals surface area contributed by atoms with E-state index >= 15 is 0 Å². The Morgan fingerprint density at radius 2 is 1.67 bits per heavy atom. The number of carbonyl (C=O) groups is 1. The SMILES string of the molecule is CC(C)[C@@H](CS(=O)(=O)C(C)C)N1C(=O)C(C)(c2cccc(Cl)c2)CCC1c1ccc(Cl)cc1. The molecule has 3 rings (SSSR count). The van der Waals surface area contributed by atoms with E-state index in [1.165, 1.54) is 0 Å².